The number of hydrogen-bond acceptors (Lipinski definition) is 3. The zero-order valence-electron chi connectivity index (χ0n) is 11.1. The average Bonchev–Trinajstić information content (AvgIpc) is 2.32. The maximum atomic E-state index is 5.67. The van der Waals surface area contributed by atoms with E-state index in [2.05, 4.69) is 30.9 Å². The maximum absolute atomic E-state index is 5.67. The quantitative estimate of drug-likeness (QED) is 0.853. The van der Waals surface area contributed by atoms with Gasteiger partial charge in [0.15, 0.2) is 0 Å². The van der Waals surface area contributed by atoms with Crippen LogP contribution >= 0.6 is 0 Å². The number of hydrogen-bond donors (Lipinski definition) is 1. The molecule has 0 saturated carbocycles. The van der Waals surface area contributed by atoms with Crippen LogP contribution in [-0.4, -0.2) is 17.6 Å². The summed E-state index contributed by atoms with van der Waals surface area (Å²) >= 11 is 0. The Hall–Kier alpha value is -1.09. The predicted octanol–water partition coefficient (Wildman–Crippen LogP) is 2.47. The van der Waals surface area contributed by atoms with Gasteiger partial charge in [0.1, 0.15) is 5.82 Å². The summed E-state index contributed by atoms with van der Waals surface area (Å²) in [6.07, 6.45) is 2.60. The molecule has 1 saturated heterocycles. The summed E-state index contributed by atoms with van der Waals surface area (Å²) in [5, 5.41) is 0. The lowest BCUT2D eigenvalue weighted by molar-refractivity contribution is 0.388. The first kappa shape index (κ1) is 12.4. The largest absolute Gasteiger partial charge is 0.354 e. The van der Waals surface area contributed by atoms with E-state index in [1.165, 1.54) is 12.8 Å². The van der Waals surface area contributed by atoms with Crippen LogP contribution in [0.2, 0.25) is 0 Å². The third kappa shape index (κ3) is 2.60. The van der Waals surface area contributed by atoms with Gasteiger partial charge in [0.05, 0.1) is 0 Å². The number of rotatable bonds is 2. The van der Waals surface area contributed by atoms with Crippen molar-refractivity contribution < 1.29 is 0 Å². The molecule has 2 heterocycles. The highest BCUT2D eigenvalue weighted by Gasteiger charge is 2.23. The van der Waals surface area contributed by atoms with E-state index in [1.54, 1.807) is 0 Å². The lowest BCUT2D eigenvalue weighted by Crippen LogP contribution is -2.41. The molecular weight excluding hydrogens is 210 g/mol. The Balaban J connectivity index is 2.23. The van der Waals surface area contributed by atoms with Crippen LogP contribution in [0.1, 0.15) is 37.9 Å². The van der Waals surface area contributed by atoms with Crippen LogP contribution in [0.3, 0.4) is 0 Å². The minimum atomic E-state index is 0.574. The molecule has 94 valence electrons. The van der Waals surface area contributed by atoms with Crippen molar-refractivity contribution in [1.82, 2.24) is 4.98 Å². The Morgan fingerprint density at radius 2 is 2.12 bits per heavy atom. The molecule has 3 heteroatoms. The van der Waals surface area contributed by atoms with Crippen LogP contribution in [0.5, 0.6) is 0 Å². The molecule has 0 radical (unpaired) electrons. The van der Waals surface area contributed by atoms with E-state index >= 15 is 0 Å². The van der Waals surface area contributed by atoms with E-state index in [-0.39, 0.29) is 0 Å². The van der Waals surface area contributed by atoms with Crippen molar-refractivity contribution in [3.63, 3.8) is 0 Å². The number of aromatic nitrogens is 1. The second kappa shape index (κ2) is 5.05. The predicted molar refractivity (Wildman–Crippen MR) is 72.1 cm³/mol. The smallest absolute Gasteiger partial charge is 0.129 e. The molecule has 2 unspecified atom stereocenters. The van der Waals surface area contributed by atoms with Gasteiger partial charge in [-0.1, -0.05) is 13.0 Å². The molecule has 3 nitrogen and oxygen atoms in total. The monoisotopic (exact) mass is 233 g/mol. The minimum absolute atomic E-state index is 0.574. The lowest BCUT2D eigenvalue weighted by Gasteiger charge is -2.38. The Labute approximate surface area is 104 Å². The molecule has 1 aromatic rings. The van der Waals surface area contributed by atoms with Crippen molar-refractivity contribution in [1.29, 1.82) is 0 Å². The molecule has 1 aliphatic rings. The summed E-state index contributed by atoms with van der Waals surface area (Å²) in [5.41, 5.74) is 7.89. The average molecular weight is 233 g/mol. The van der Waals surface area contributed by atoms with Gasteiger partial charge in [0.25, 0.3) is 0 Å². The van der Waals surface area contributed by atoms with Crippen LogP contribution < -0.4 is 10.6 Å². The van der Waals surface area contributed by atoms with Crippen LogP contribution in [0.4, 0.5) is 5.82 Å². The van der Waals surface area contributed by atoms with Gasteiger partial charge >= 0.3 is 0 Å². The fourth-order valence-corrected chi connectivity index (χ4v) is 2.56. The van der Waals surface area contributed by atoms with E-state index in [1.807, 2.05) is 6.92 Å². The van der Waals surface area contributed by atoms with Gasteiger partial charge in [-0.25, -0.2) is 4.98 Å². The van der Waals surface area contributed by atoms with Crippen LogP contribution in [0.25, 0.3) is 0 Å². The summed E-state index contributed by atoms with van der Waals surface area (Å²) in [7, 11) is 0. The molecule has 1 aliphatic heterocycles. The number of piperidine rings is 1. The normalized spacial score (nSPS) is 25.1. The van der Waals surface area contributed by atoms with Crippen LogP contribution in [0.15, 0.2) is 12.1 Å². The summed E-state index contributed by atoms with van der Waals surface area (Å²) in [5.74, 6) is 1.88. The zero-order valence-corrected chi connectivity index (χ0v) is 11.1. The fraction of sp³-hybridized carbons (Fsp3) is 0.643. The first-order valence-electron chi connectivity index (χ1n) is 6.55. The Bertz CT molecular complexity index is 389. The molecule has 0 spiro atoms. The standard InChI is InChI=1S/C14H23N3/c1-10-4-5-11(2)17(9-10)14-7-6-13(8-15)12(3)16-14/h6-7,10-11H,4-5,8-9,15H2,1-3H3. The third-order valence-electron chi connectivity index (χ3n) is 3.81. The molecule has 2 rings (SSSR count). The second-order valence-corrected chi connectivity index (χ2v) is 5.30. The molecule has 0 bridgehead atoms. The Morgan fingerprint density at radius 1 is 1.35 bits per heavy atom. The van der Waals surface area contributed by atoms with Crippen LogP contribution in [0, 0.1) is 12.8 Å². The van der Waals surface area contributed by atoms with Gasteiger partial charge < -0.3 is 10.6 Å². The van der Waals surface area contributed by atoms with Gasteiger partial charge in [0, 0.05) is 24.8 Å². The molecule has 0 amide bonds. The van der Waals surface area contributed by atoms with E-state index in [0.717, 1.165) is 29.5 Å². The van der Waals surface area contributed by atoms with Crippen molar-refractivity contribution in [2.24, 2.45) is 11.7 Å². The Morgan fingerprint density at radius 3 is 2.76 bits per heavy atom. The number of nitrogens with zero attached hydrogens (tertiary/aromatic N) is 2. The molecule has 1 fully saturated rings. The topological polar surface area (TPSA) is 42.2 Å². The number of pyridine rings is 1. The maximum Gasteiger partial charge on any atom is 0.129 e. The summed E-state index contributed by atoms with van der Waals surface area (Å²) < 4.78 is 0. The van der Waals surface area contributed by atoms with Gasteiger partial charge in [-0.05, 0) is 44.2 Å². The minimum Gasteiger partial charge on any atom is -0.354 e. The van der Waals surface area contributed by atoms with Crippen molar-refractivity contribution in [2.75, 3.05) is 11.4 Å². The molecule has 0 aliphatic carbocycles. The molecular formula is C14H23N3. The molecule has 2 atom stereocenters. The second-order valence-electron chi connectivity index (χ2n) is 5.30. The van der Waals surface area contributed by atoms with Crippen molar-refractivity contribution in [3.05, 3.63) is 23.4 Å². The van der Waals surface area contributed by atoms with E-state index in [0.29, 0.717) is 12.6 Å². The summed E-state index contributed by atoms with van der Waals surface area (Å²) in [6.45, 7) is 8.35. The number of anilines is 1. The highest BCUT2D eigenvalue weighted by atomic mass is 15.2. The Kier molecular flexibility index (Phi) is 3.67. The van der Waals surface area contributed by atoms with Gasteiger partial charge in [-0.2, -0.15) is 0 Å². The molecule has 1 aromatic heterocycles. The van der Waals surface area contributed by atoms with Crippen molar-refractivity contribution in [3.8, 4) is 0 Å². The van der Waals surface area contributed by atoms with E-state index in [9.17, 15) is 0 Å². The first-order valence-corrected chi connectivity index (χ1v) is 6.55. The fourth-order valence-electron chi connectivity index (χ4n) is 2.56. The molecule has 2 N–H and O–H groups in total. The SMILES string of the molecule is Cc1nc(N2CC(C)CCC2C)ccc1CN. The zero-order chi connectivity index (χ0) is 12.4. The molecule has 17 heavy (non-hydrogen) atoms. The van der Waals surface area contributed by atoms with Crippen LogP contribution in [-0.2, 0) is 6.54 Å². The van der Waals surface area contributed by atoms with Gasteiger partial charge in [-0.15, -0.1) is 0 Å². The highest BCUT2D eigenvalue weighted by Crippen LogP contribution is 2.26. The number of aryl methyl sites for hydroxylation is 1. The summed E-state index contributed by atoms with van der Waals surface area (Å²) in [4.78, 5) is 7.13. The highest BCUT2D eigenvalue weighted by molar-refractivity contribution is 5.43. The van der Waals surface area contributed by atoms with Crippen molar-refractivity contribution >= 4 is 5.82 Å². The first-order chi connectivity index (χ1) is 8.11. The van der Waals surface area contributed by atoms with E-state index in [4.69, 9.17) is 10.7 Å². The van der Waals surface area contributed by atoms with Crippen molar-refractivity contribution in [2.45, 2.75) is 46.2 Å². The van der Waals surface area contributed by atoms with E-state index < -0.39 is 0 Å². The lowest BCUT2D eigenvalue weighted by atomic mass is 9.95. The molecule has 0 aromatic carbocycles. The van der Waals surface area contributed by atoms with Gasteiger partial charge in [0.2, 0.25) is 0 Å². The van der Waals surface area contributed by atoms with Gasteiger partial charge in [-0.3, -0.25) is 0 Å². The number of nitrogens with two attached hydrogens (primary N) is 1. The third-order valence-corrected chi connectivity index (χ3v) is 3.81. The summed E-state index contributed by atoms with van der Waals surface area (Å²) in [6, 6.07) is 4.83.